The third-order valence-electron chi connectivity index (χ3n) is 5.67. The van der Waals surface area contributed by atoms with E-state index in [2.05, 4.69) is 30.1 Å². The lowest BCUT2D eigenvalue weighted by molar-refractivity contribution is -0.159. The van der Waals surface area contributed by atoms with Gasteiger partial charge in [-0.2, -0.15) is 4.98 Å². The summed E-state index contributed by atoms with van der Waals surface area (Å²) in [6.45, 7) is 1.40. The molecule has 1 aromatic carbocycles. The van der Waals surface area contributed by atoms with Gasteiger partial charge in [0.05, 0.1) is 23.8 Å². The van der Waals surface area contributed by atoms with Crippen molar-refractivity contribution in [1.29, 1.82) is 0 Å². The minimum absolute atomic E-state index is 0.0118. The maximum Gasteiger partial charge on any atom is 0.255 e. The number of carbonyl (C=O) groups is 2. The zero-order chi connectivity index (χ0) is 25.4. The van der Waals surface area contributed by atoms with Crippen LogP contribution >= 0.6 is 0 Å². The smallest absolute Gasteiger partial charge is 0.255 e. The number of hydrogen-bond acceptors (Lipinski definition) is 10. The van der Waals surface area contributed by atoms with Gasteiger partial charge < -0.3 is 19.0 Å². The van der Waals surface area contributed by atoms with Crippen LogP contribution in [0.4, 0.5) is 0 Å². The summed E-state index contributed by atoms with van der Waals surface area (Å²) in [7, 11) is 0. The van der Waals surface area contributed by atoms with Gasteiger partial charge in [0, 0.05) is 24.8 Å². The van der Waals surface area contributed by atoms with E-state index in [-0.39, 0.29) is 19.8 Å². The first-order valence-electron chi connectivity index (χ1n) is 11.3. The number of aromatic nitrogens is 6. The fourth-order valence-corrected chi connectivity index (χ4v) is 3.90. The predicted octanol–water partition coefficient (Wildman–Crippen LogP) is 3.06. The number of imide groups is 1. The van der Waals surface area contributed by atoms with Crippen molar-refractivity contribution < 1.29 is 23.6 Å². The molecule has 1 N–H and O–H groups in total. The number of imidazole rings is 1. The van der Waals surface area contributed by atoms with Crippen LogP contribution in [-0.2, 0) is 20.9 Å². The van der Waals surface area contributed by atoms with Crippen molar-refractivity contribution in [2.45, 2.75) is 13.5 Å². The lowest BCUT2D eigenvalue weighted by atomic mass is 10.1. The molecule has 0 unspecified atom stereocenters. The molecule has 2 amide bonds. The van der Waals surface area contributed by atoms with Crippen molar-refractivity contribution in [2.24, 2.45) is 0 Å². The number of pyridine rings is 2. The molecule has 4 aromatic heterocycles. The molecule has 0 atom stereocenters. The first-order chi connectivity index (χ1) is 18.0. The zero-order valence-electron chi connectivity index (χ0n) is 19.5. The lowest BCUT2D eigenvalue weighted by Gasteiger charge is -2.25. The van der Waals surface area contributed by atoms with Gasteiger partial charge >= 0.3 is 0 Å². The van der Waals surface area contributed by atoms with E-state index in [0.29, 0.717) is 57.0 Å². The van der Waals surface area contributed by atoms with Gasteiger partial charge in [0.15, 0.2) is 5.82 Å². The predicted molar refractivity (Wildman–Crippen MR) is 128 cm³/mol. The van der Waals surface area contributed by atoms with Crippen molar-refractivity contribution in [2.75, 3.05) is 13.2 Å². The molecular weight excluding hydrogens is 478 g/mol. The number of fused-ring (bicyclic) bond motifs is 1. The van der Waals surface area contributed by atoms with E-state index >= 15 is 0 Å². The fraction of sp³-hybridized carbons (Fsp3) is 0.160. The summed E-state index contributed by atoms with van der Waals surface area (Å²) >= 11 is 0. The van der Waals surface area contributed by atoms with E-state index in [1.165, 1.54) is 6.20 Å². The summed E-state index contributed by atoms with van der Waals surface area (Å²) < 4.78 is 16.2. The van der Waals surface area contributed by atoms with Crippen molar-refractivity contribution in [3.05, 3.63) is 66.3 Å². The second-order valence-electron chi connectivity index (χ2n) is 8.26. The van der Waals surface area contributed by atoms with E-state index in [1.807, 2.05) is 24.3 Å². The van der Waals surface area contributed by atoms with Crippen molar-refractivity contribution >= 4 is 22.8 Å². The molecule has 1 fully saturated rings. The van der Waals surface area contributed by atoms with Crippen LogP contribution in [0.2, 0.25) is 0 Å². The summed E-state index contributed by atoms with van der Waals surface area (Å²) in [5.74, 6) is 1.41. The van der Waals surface area contributed by atoms with Crippen LogP contribution in [0.25, 0.3) is 34.1 Å². The molecule has 1 aliphatic heterocycles. The molecule has 12 nitrogen and oxygen atoms in total. The normalized spacial score (nSPS) is 13.9. The number of H-pyrrole nitrogens is 1. The Kier molecular flexibility index (Phi) is 5.62. The van der Waals surface area contributed by atoms with Crippen LogP contribution in [0, 0.1) is 6.92 Å². The highest BCUT2D eigenvalue weighted by Gasteiger charge is 2.28. The Morgan fingerprint density at radius 1 is 1.03 bits per heavy atom. The molecule has 12 heteroatoms. The van der Waals surface area contributed by atoms with E-state index in [1.54, 1.807) is 31.3 Å². The SMILES string of the molecule is Cc1nc(-c2ccc(Oc3cc4nc(-c5ccccn5)[nH]c4cc3CN3C(=O)COCC3=O)cn2)no1. The molecule has 6 rings (SSSR count). The van der Waals surface area contributed by atoms with Gasteiger partial charge in [0.1, 0.15) is 36.1 Å². The second kappa shape index (κ2) is 9.24. The van der Waals surface area contributed by atoms with Crippen LogP contribution in [0.5, 0.6) is 11.5 Å². The van der Waals surface area contributed by atoms with E-state index in [0.717, 1.165) is 4.90 Å². The number of morpholine rings is 1. The number of nitrogens with zero attached hydrogens (tertiary/aromatic N) is 6. The lowest BCUT2D eigenvalue weighted by Crippen LogP contribution is -2.45. The van der Waals surface area contributed by atoms with Gasteiger partial charge in [-0.05, 0) is 30.3 Å². The Bertz CT molecular complexity index is 1600. The van der Waals surface area contributed by atoms with Gasteiger partial charge in [-0.25, -0.2) is 9.97 Å². The highest BCUT2D eigenvalue weighted by molar-refractivity contribution is 5.98. The van der Waals surface area contributed by atoms with Crippen LogP contribution in [0.1, 0.15) is 11.5 Å². The Morgan fingerprint density at radius 3 is 2.59 bits per heavy atom. The Labute approximate surface area is 209 Å². The highest BCUT2D eigenvalue weighted by atomic mass is 16.5. The fourth-order valence-electron chi connectivity index (χ4n) is 3.90. The van der Waals surface area contributed by atoms with Crippen LogP contribution in [0.15, 0.2) is 59.4 Å². The van der Waals surface area contributed by atoms with Gasteiger partial charge in [-0.3, -0.25) is 19.5 Å². The largest absolute Gasteiger partial charge is 0.455 e. The average Bonchev–Trinajstić information content (AvgIpc) is 3.53. The summed E-state index contributed by atoms with van der Waals surface area (Å²) in [6.07, 6.45) is 3.22. The molecule has 5 heterocycles. The highest BCUT2D eigenvalue weighted by Crippen LogP contribution is 2.32. The number of rotatable bonds is 6. The molecule has 0 bridgehead atoms. The second-order valence-corrected chi connectivity index (χ2v) is 8.26. The standard InChI is InChI=1S/C25H19N7O5/c1-14-28-25(31-37-14)18-6-5-16(10-27-18)36-21-9-20-19(29-24(30-20)17-4-2-3-7-26-17)8-15(21)11-32-22(33)12-35-13-23(32)34/h2-10H,11-13H2,1H3,(H,29,30). The van der Waals surface area contributed by atoms with Crippen molar-refractivity contribution in [1.82, 2.24) is 35.0 Å². The maximum absolute atomic E-state index is 12.4. The Balaban J connectivity index is 1.37. The van der Waals surface area contributed by atoms with Crippen molar-refractivity contribution in [3.63, 3.8) is 0 Å². The molecule has 0 aliphatic carbocycles. The third-order valence-corrected chi connectivity index (χ3v) is 5.67. The topological polar surface area (TPSA) is 149 Å². The van der Waals surface area contributed by atoms with Gasteiger partial charge in [0.2, 0.25) is 11.7 Å². The number of benzene rings is 1. The van der Waals surface area contributed by atoms with Crippen LogP contribution in [0.3, 0.4) is 0 Å². The van der Waals surface area contributed by atoms with E-state index in [4.69, 9.17) is 14.0 Å². The molecule has 1 saturated heterocycles. The molecule has 37 heavy (non-hydrogen) atoms. The summed E-state index contributed by atoms with van der Waals surface area (Å²) in [6, 6.07) is 12.5. The number of ether oxygens (including phenoxy) is 2. The van der Waals surface area contributed by atoms with Crippen LogP contribution < -0.4 is 4.74 Å². The Morgan fingerprint density at radius 2 is 1.89 bits per heavy atom. The van der Waals surface area contributed by atoms with Gasteiger partial charge in [-0.1, -0.05) is 11.2 Å². The molecule has 184 valence electrons. The van der Waals surface area contributed by atoms with Crippen LogP contribution in [-0.4, -0.2) is 60.0 Å². The number of nitrogens with one attached hydrogen (secondary N) is 1. The van der Waals surface area contributed by atoms with Crippen molar-refractivity contribution in [3.8, 4) is 34.5 Å². The summed E-state index contributed by atoms with van der Waals surface area (Å²) in [5.41, 5.74) is 3.14. The number of carbonyl (C=O) groups excluding carboxylic acids is 2. The summed E-state index contributed by atoms with van der Waals surface area (Å²) in [4.78, 5) is 46.7. The molecule has 1 aliphatic rings. The molecular formula is C25H19N7O5. The third kappa shape index (κ3) is 4.52. The minimum atomic E-state index is -0.414. The summed E-state index contributed by atoms with van der Waals surface area (Å²) in [5, 5.41) is 3.87. The zero-order valence-corrected chi connectivity index (χ0v) is 19.5. The number of hydrogen-bond donors (Lipinski definition) is 1. The number of aryl methyl sites for hydroxylation is 1. The maximum atomic E-state index is 12.4. The van der Waals surface area contributed by atoms with Gasteiger partial charge in [-0.15, -0.1) is 0 Å². The Hall–Kier alpha value is -4.97. The van der Waals surface area contributed by atoms with Gasteiger partial charge in [0.25, 0.3) is 11.8 Å². The molecule has 0 spiro atoms. The molecule has 0 radical (unpaired) electrons. The average molecular weight is 497 g/mol. The monoisotopic (exact) mass is 497 g/mol. The minimum Gasteiger partial charge on any atom is -0.455 e. The number of aromatic amines is 1. The van der Waals surface area contributed by atoms with E-state index in [9.17, 15) is 9.59 Å². The quantitative estimate of drug-likeness (QED) is 0.347. The van der Waals surface area contributed by atoms with E-state index < -0.39 is 11.8 Å². The first-order valence-corrected chi connectivity index (χ1v) is 11.3. The first kappa shape index (κ1) is 22.5. The molecule has 5 aromatic rings. The molecule has 0 saturated carbocycles. The number of amides is 2.